The number of rotatable bonds is 4. The molecule has 5 nitrogen and oxygen atoms in total. The molecule has 0 aliphatic rings. The number of benzene rings is 1. The summed E-state index contributed by atoms with van der Waals surface area (Å²) in [4.78, 5) is 10.0. The summed E-state index contributed by atoms with van der Waals surface area (Å²) >= 11 is 12.1. The Morgan fingerprint density at radius 1 is 1.10 bits per heavy atom. The zero-order valence-corrected chi connectivity index (χ0v) is 18.5. The van der Waals surface area contributed by atoms with Crippen LogP contribution in [0.15, 0.2) is 41.3 Å². The molecule has 0 radical (unpaired) electrons. The lowest BCUT2D eigenvalue weighted by Crippen LogP contribution is -2.07. The van der Waals surface area contributed by atoms with Crippen molar-refractivity contribution >= 4 is 40.3 Å². The number of aromatic nitrogens is 2. The molecule has 31 heavy (non-hydrogen) atoms. The van der Waals surface area contributed by atoms with Crippen molar-refractivity contribution in [2.75, 3.05) is 0 Å². The summed E-state index contributed by atoms with van der Waals surface area (Å²) in [5.41, 5.74) is 1.85. The van der Waals surface area contributed by atoms with Crippen molar-refractivity contribution in [1.82, 2.24) is 9.38 Å². The van der Waals surface area contributed by atoms with E-state index in [1.807, 2.05) is 0 Å². The van der Waals surface area contributed by atoms with E-state index in [9.17, 15) is 18.3 Å². The quantitative estimate of drug-likeness (QED) is 0.256. The third-order valence-electron chi connectivity index (χ3n) is 4.45. The van der Waals surface area contributed by atoms with Crippen LogP contribution in [-0.4, -0.2) is 20.2 Å². The number of hydrogen-bond donors (Lipinski definition) is 1. The van der Waals surface area contributed by atoms with Crippen molar-refractivity contribution in [1.29, 1.82) is 0 Å². The van der Waals surface area contributed by atoms with Gasteiger partial charge in [0.2, 0.25) is 0 Å². The number of aryl methyl sites for hydroxylation is 1. The van der Waals surface area contributed by atoms with Crippen LogP contribution in [0.5, 0.6) is 5.75 Å². The monoisotopic (exact) mass is 471 g/mol. The fraction of sp³-hybridized carbons (Fsp3) is 0.238. The lowest BCUT2D eigenvalue weighted by atomic mass is 10.1. The van der Waals surface area contributed by atoms with Gasteiger partial charge in [0.25, 0.3) is 0 Å². The first-order valence-electron chi connectivity index (χ1n) is 9.03. The zero-order valence-electron chi connectivity index (χ0n) is 17.0. The first-order valence-corrected chi connectivity index (χ1v) is 9.78. The van der Waals surface area contributed by atoms with Gasteiger partial charge in [-0.1, -0.05) is 28.4 Å². The van der Waals surface area contributed by atoms with E-state index in [0.717, 1.165) is 12.3 Å². The Hall–Kier alpha value is -2.71. The second-order valence-electron chi connectivity index (χ2n) is 7.15. The molecule has 0 aliphatic heterocycles. The van der Waals surface area contributed by atoms with Crippen molar-refractivity contribution in [3.05, 3.63) is 68.6 Å². The molecule has 1 aromatic carbocycles. The van der Waals surface area contributed by atoms with Crippen LogP contribution in [0.25, 0.3) is 11.4 Å². The Kier molecular flexibility index (Phi) is 6.25. The third kappa shape index (κ3) is 4.80. The predicted molar refractivity (Wildman–Crippen MR) is 115 cm³/mol. The fourth-order valence-corrected chi connectivity index (χ4v) is 3.36. The Morgan fingerprint density at radius 3 is 2.39 bits per heavy atom. The number of aromatic hydroxyl groups is 1. The number of nitrogens with zero attached hydrogens (tertiary/aromatic N) is 3. The average Bonchev–Trinajstić information content (AvgIpc) is 3.08. The summed E-state index contributed by atoms with van der Waals surface area (Å²) in [7, 11) is 0. The minimum Gasteiger partial charge on any atom is -0.506 e. The number of hydrogen-bond acceptors (Lipinski definition) is 4. The number of phenols is 1. The van der Waals surface area contributed by atoms with Crippen molar-refractivity contribution in [2.24, 2.45) is 5.16 Å². The Balaban J connectivity index is 1.99. The minimum absolute atomic E-state index is 0.104. The van der Waals surface area contributed by atoms with Crippen molar-refractivity contribution in [3.8, 4) is 5.75 Å². The standard InChI is InChI=1S/C21H18Cl2F3N3O2/c1-10(2)19(31-28-12(4)14-6-16(23)18(30)7-15(14)22)17-9-29-8-13(21(24,25)26)5-11(3)20(29)27-17/h5-9,30H,1-4H3/b28-12+. The highest BCUT2D eigenvalue weighted by atomic mass is 35.5. The summed E-state index contributed by atoms with van der Waals surface area (Å²) in [5, 5.41) is 14.0. The van der Waals surface area contributed by atoms with Gasteiger partial charge in [-0.25, -0.2) is 4.98 Å². The van der Waals surface area contributed by atoms with Crippen molar-refractivity contribution in [3.63, 3.8) is 0 Å². The largest absolute Gasteiger partial charge is 0.506 e. The van der Waals surface area contributed by atoms with Gasteiger partial charge in [0.1, 0.15) is 17.1 Å². The van der Waals surface area contributed by atoms with Crippen molar-refractivity contribution in [2.45, 2.75) is 33.9 Å². The molecule has 0 saturated carbocycles. The van der Waals surface area contributed by atoms with Crippen LogP contribution in [0.2, 0.25) is 10.0 Å². The molecule has 3 aromatic rings. The summed E-state index contributed by atoms with van der Waals surface area (Å²) in [5.74, 6) is 0.129. The lowest BCUT2D eigenvalue weighted by Gasteiger charge is -2.08. The van der Waals surface area contributed by atoms with E-state index in [-0.39, 0.29) is 21.6 Å². The second-order valence-corrected chi connectivity index (χ2v) is 7.96. The topological polar surface area (TPSA) is 59.1 Å². The molecule has 0 aliphatic carbocycles. The number of phenolic OH excluding ortho intramolecular Hbond substituents is 1. The number of alkyl halides is 3. The number of pyridine rings is 1. The van der Waals surface area contributed by atoms with Crippen LogP contribution >= 0.6 is 23.2 Å². The molecule has 3 rings (SSSR count). The molecule has 0 fully saturated rings. The predicted octanol–water partition coefficient (Wildman–Crippen LogP) is 6.87. The molecular weight excluding hydrogens is 454 g/mol. The molecule has 0 amide bonds. The Labute approximate surface area is 186 Å². The highest BCUT2D eigenvalue weighted by Gasteiger charge is 2.31. The molecule has 164 valence electrons. The van der Waals surface area contributed by atoms with Crippen LogP contribution < -0.4 is 0 Å². The molecular formula is C21H18Cl2F3N3O2. The maximum atomic E-state index is 13.1. The number of imidazole rings is 1. The summed E-state index contributed by atoms with van der Waals surface area (Å²) < 4.78 is 40.7. The van der Waals surface area contributed by atoms with E-state index >= 15 is 0 Å². The van der Waals surface area contributed by atoms with Gasteiger partial charge in [-0.05, 0) is 51.0 Å². The number of allylic oxidation sites excluding steroid dienone is 1. The van der Waals surface area contributed by atoms with E-state index in [1.165, 1.54) is 22.7 Å². The van der Waals surface area contributed by atoms with E-state index in [2.05, 4.69) is 10.1 Å². The van der Waals surface area contributed by atoms with Gasteiger partial charge in [-0.3, -0.25) is 0 Å². The first-order chi connectivity index (χ1) is 14.4. The summed E-state index contributed by atoms with van der Waals surface area (Å²) in [6.07, 6.45) is -2.03. The van der Waals surface area contributed by atoms with Crippen LogP contribution in [0.3, 0.4) is 0 Å². The summed E-state index contributed by atoms with van der Waals surface area (Å²) in [6, 6.07) is 3.80. The molecule has 2 heterocycles. The van der Waals surface area contributed by atoms with Gasteiger partial charge in [0, 0.05) is 24.0 Å². The highest BCUT2D eigenvalue weighted by molar-refractivity contribution is 6.36. The zero-order chi connectivity index (χ0) is 23.1. The maximum Gasteiger partial charge on any atom is 0.417 e. The lowest BCUT2D eigenvalue weighted by molar-refractivity contribution is -0.137. The van der Waals surface area contributed by atoms with Crippen molar-refractivity contribution < 1.29 is 23.1 Å². The fourth-order valence-electron chi connectivity index (χ4n) is 2.90. The SMILES string of the molecule is CC(C)=C(O/N=C(\C)c1cc(Cl)c(O)cc1Cl)c1cn2cc(C(F)(F)F)cc(C)c2n1. The van der Waals surface area contributed by atoms with Crippen LogP contribution in [0.4, 0.5) is 13.2 Å². The average molecular weight is 472 g/mol. The molecule has 0 bridgehead atoms. The van der Waals surface area contributed by atoms with Gasteiger partial charge in [-0.15, -0.1) is 0 Å². The highest BCUT2D eigenvalue weighted by Crippen LogP contribution is 2.32. The summed E-state index contributed by atoms with van der Waals surface area (Å²) in [6.45, 7) is 6.73. The number of oxime groups is 1. The third-order valence-corrected chi connectivity index (χ3v) is 5.06. The Morgan fingerprint density at radius 2 is 1.77 bits per heavy atom. The molecule has 1 N–H and O–H groups in total. The second kappa shape index (κ2) is 8.43. The first kappa shape index (κ1) is 23.0. The van der Waals surface area contributed by atoms with Gasteiger partial charge < -0.3 is 14.3 Å². The van der Waals surface area contributed by atoms with E-state index in [0.29, 0.717) is 33.8 Å². The molecule has 0 saturated heterocycles. The van der Waals surface area contributed by atoms with E-state index < -0.39 is 11.7 Å². The minimum atomic E-state index is -4.47. The number of fused-ring (bicyclic) bond motifs is 1. The van der Waals surface area contributed by atoms with Gasteiger partial charge in [-0.2, -0.15) is 13.2 Å². The van der Waals surface area contributed by atoms with Gasteiger partial charge >= 0.3 is 6.18 Å². The molecule has 10 heteroatoms. The van der Waals surface area contributed by atoms with E-state index in [4.69, 9.17) is 28.0 Å². The van der Waals surface area contributed by atoms with Gasteiger partial charge in [0.05, 0.1) is 21.3 Å². The molecule has 2 aromatic heterocycles. The smallest absolute Gasteiger partial charge is 0.417 e. The maximum absolute atomic E-state index is 13.1. The molecule has 0 spiro atoms. The normalized spacial score (nSPS) is 12.4. The Bertz CT molecular complexity index is 1230. The van der Waals surface area contributed by atoms with Crippen LogP contribution in [0, 0.1) is 6.92 Å². The van der Waals surface area contributed by atoms with Crippen LogP contribution in [0.1, 0.15) is 43.2 Å². The van der Waals surface area contributed by atoms with Crippen LogP contribution in [-0.2, 0) is 11.0 Å². The van der Waals surface area contributed by atoms with E-state index in [1.54, 1.807) is 27.7 Å². The van der Waals surface area contributed by atoms with Gasteiger partial charge in [0.15, 0.2) is 5.76 Å². The molecule has 0 unspecified atom stereocenters. The molecule has 0 atom stereocenters. The number of halogens is 5.